The molecule has 0 saturated carbocycles. The molecule has 0 aromatic carbocycles. The van der Waals surface area contributed by atoms with Crippen LogP contribution in [-0.2, 0) is 16.1 Å². The Hall–Kier alpha value is -2.26. The summed E-state index contributed by atoms with van der Waals surface area (Å²) < 4.78 is 1.34. The summed E-state index contributed by atoms with van der Waals surface area (Å²) in [7, 11) is 0. The van der Waals surface area contributed by atoms with Crippen LogP contribution in [0.1, 0.15) is 50.0 Å². The van der Waals surface area contributed by atoms with E-state index in [0.717, 1.165) is 48.3 Å². The van der Waals surface area contributed by atoms with Crippen molar-refractivity contribution in [3.05, 3.63) is 27.1 Å². The van der Waals surface area contributed by atoms with Crippen molar-refractivity contribution >= 4 is 33.4 Å². The topological polar surface area (TPSA) is 96.3 Å². The maximum Gasteiger partial charge on any atom is 0.262 e. The van der Waals surface area contributed by atoms with Gasteiger partial charge in [0.05, 0.1) is 11.7 Å². The van der Waals surface area contributed by atoms with E-state index < -0.39 is 0 Å². The molecule has 33 heavy (non-hydrogen) atoms. The summed E-state index contributed by atoms with van der Waals surface area (Å²) in [4.78, 5) is 45.5. The van der Waals surface area contributed by atoms with Crippen molar-refractivity contribution < 1.29 is 9.59 Å². The van der Waals surface area contributed by atoms with Crippen LogP contribution in [0.5, 0.6) is 0 Å². The summed E-state index contributed by atoms with van der Waals surface area (Å²) >= 11 is 1.49. The zero-order valence-corrected chi connectivity index (χ0v) is 21.1. The lowest BCUT2D eigenvalue weighted by atomic mass is 9.92. The number of fused-ring (bicyclic) bond motifs is 1. The first-order valence-electron chi connectivity index (χ1n) is 12.0. The maximum atomic E-state index is 12.7. The highest BCUT2D eigenvalue weighted by molar-refractivity contribution is 7.18. The van der Waals surface area contributed by atoms with Gasteiger partial charge < -0.3 is 15.5 Å². The maximum absolute atomic E-state index is 12.7. The van der Waals surface area contributed by atoms with Gasteiger partial charge in [0.15, 0.2) is 0 Å². The van der Waals surface area contributed by atoms with Crippen LogP contribution in [0.25, 0.3) is 10.2 Å². The molecular formula is C24H37N5O3S. The number of carbonyl (C=O) groups is 2. The second-order valence-corrected chi connectivity index (χ2v) is 10.7. The Labute approximate surface area is 199 Å². The minimum Gasteiger partial charge on any atom is -0.356 e. The molecule has 2 aromatic heterocycles. The average molecular weight is 476 g/mol. The minimum absolute atomic E-state index is 0.0128. The molecule has 0 bridgehead atoms. The molecule has 3 heterocycles. The van der Waals surface area contributed by atoms with Crippen molar-refractivity contribution in [2.45, 2.75) is 59.9 Å². The van der Waals surface area contributed by atoms with Crippen molar-refractivity contribution in [1.29, 1.82) is 0 Å². The van der Waals surface area contributed by atoms with E-state index in [9.17, 15) is 14.4 Å². The Balaban J connectivity index is 1.31. The van der Waals surface area contributed by atoms with Crippen molar-refractivity contribution in [3.63, 3.8) is 0 Å². The number of aromatic nitrogens is 2. The number of piperidine rings is 1. The number of hydrogen-bond donors (Lipinski definition) is 2. The van der Waals surface area contributed by atoms with Crippen LogP contribution in [-0.4, -0.2) is 59.0 Å². The highest BCUT2D eigenvalue weighted by Gasteiger charge is 2.21. The first-order valence-corrected chi connectivity index (χ1v) is 12.8. The van der Waals surface area contributed by atoms with Gasteiger partial charge in [0.1, 0.15) is 11.4 Å². The largest absolute Gasteiger partial charge is 0.356 e. The van der Waals surface area contributed by atoms with Crippen LogP contribution in [0, 0.1) is 25.7 Å². The Bertz CT molecular complexity index is 1020. The Morgan fingerprint density at radius 1 is 1.09 bits per heavy atom. The third kappa shape index (κ3) is 7.11. The molecule has 0 spiro atoms. The summed E-state index contributed by atoms with van der Waals surface area (Å²) in [5, 5.41) is 6.35. The predicted octanol–water partition coefficient (Wildman–Crippen LogP) is 2.46. The van der Waals surface area contributed by atoms with E-state index in [1.807, 2.05) is 13.8 Å². The Morgan fingerprint density at radius 3 is 2.48 bits per heavy atom. The van der Waals surface area contributed by atoms with Crippen LogP contribution in [0.15, 0.2) is 11.1 Å². The lowest BCUT2D eigenvalue weighted by molar-refractivity contribution is -0.123. The summed E-state index contributed by atoms with van der Waals surface area (Å²) in [6, 6.07) is 0. The zero-order valence-electron chi connectivity index (χ0n) is 20.3. The molecule has 2 amide bonds. The van der Waals surface area contributed by atoms with Crippen molar-refractivity contribution in [3.8, 4) is 0 Å². The number of nitrogens with zero attached hydrogens (tertiary/aromatic N) is 3. The zero-order chi connectivity index (χ0) is 24.0. The van der Waals surface area contributed by atoms with E-state index in [2.05, 4.69) is 34.4 Å². The molecule has 9 heteroatoms. The van der Waals surface area contributed by atoms with Crippen molar-refractivity contribution in [2.75, 3.05) is 32.7 Å². The third-order valence-corrected chi connectivity index (χ3v) is 7.41. The van der Waals surface area contributed by atoms with Gasteiger partial charge in [-0.2, -0.15) is 0 Å². The van der Waals surface area contributed by atoms with E-state index in [-0.39, 0.29) is 23.9 Å². The summed E-state index contributed by atoms with van der Waals surface area (Å²) in [5.74, 6) is 1.26. The van der Waals surface area contributed by atoms with E-state index >= 15 is 0 Å². The fraction of sp³-hybridized carbons (Fsp3) is 0.667. The molecule has 8 nitrogen and oxygen atoms in total. The van der Waals surface area contributed by atoms with Gasteiger partial charge >= 0.3 is 0 Å². The monoisotopic (exact) mass is 475 g/mol. The number of hydrogen-bond acceptors (Lipinski definition) is 6. The molecule has 1 fully saturated rings. The molecule has 2 N–H and O–H groups in total. The quantitative estimate of drug-likeness (QED) is 0.515. The van der Waals surface area contributed by atoms with Gasteiger partial charge in [-0.05, 0) is 57.1 Å². The number of nitrogens with one attached hydrogen (secondary N) is 2. The van der Waals surface area contributed by atoms with E-state index in [0.29, 0.717) is 36.1 Å². The minimum atomic E-state index is -0.256. The number of thiophene rings is 1. The van der Waals surface area contributed by atoms with E-state index in [4.69, 9.17) is 0 Å². The fourth-order valence-corrected chi connectivity index (χ4v) is 5.65. The second kappa shape index (κ2) is 11.7. The van der Waals surface area contributed by atoms with Crippen LogP contribution in [0.2, 0.25) is 0 Å². The Kier molecular flexibility index (Phi) is 9.02. The van der Waals surface area contributed by atoms with Gasteiger partial charge in [-0.25, -0.2) is 4.98 Å². The van der Waals surface area contributed by atoms with Crippen LogP contribution >= 0.6 is 11.3 Å². The first-order chi connectivity index (χ1) is 15.7. The highest BCUT2D eigenvalue weighted by atomic mass is 32.1. The third-order valence-electron chi connectivity index (χ3n) is 6.29. The van der Waals surface area contributed by atoms with Gasteiger partial charge in [0.25, 0.3) is 5.56 Å². The molecule has 3 rings (SSSR count). The van der Waals surface area contributed by atoms with Crippen LogP contribution in [0.3, 0.4) is 0 Å². The molecule has 0 radical (unpaired) electrons. The highest BCUT2D eigenvalue weighted by Crippen LogP contribution is 2.25. The standard InChI is InChI=1S/C24H37N5O3S/c1-16-11-17(2)13-28(12-16)10-6-9-25-20(30)7-5-8-26-21(31)14-29-15-27-23-22(24(29)32)18(3)19(4)33-23/h15-17H,5-14H2,1-4H3,(H,25,30)(H,26,31). The number of aryl methyl sites for hydroxylation is 2. The number of likely N-dealkylation sites (tertiary alicyclic amines) is 1. The lowest BCUT2D eigenvalue weighted by Crippen LogP contribution is -2.40. The number of amides is 2. The first kappa shape index (κ1) is 25.4. The SMILES string of the molecule is Cc1sc2ncn(CC(=O)NCCCC(=O)NCCCN3CC(C)CC(C)C3)c(=O)c2c1C. The second-order valence-electron chi connectivity index (χ2n) is 9.50. The van der Waals surface area contributed by atoms with Gasteiger partial charge in [-0.1, -0.05) is 13.8 Å². The molecule has 1 aliphatic rings. The molecule has 1 aliphatic heterocycles. The molecule has 2 atom stereocenters. The summed E-state index contributed by atoms with van der Waals surface area (Å²) in [6.45, 7) is 12.8. The lowest BCUT2D eigenvalue weighted by Gasteiger charge is -2.34. The van der Waals surface area contributed by atoms with Gasteiger partial charge in [0.2, 0.25) is 11.8 Å². The van der Waals surface area contributed by atoms with Crippen molar-refractivity contribution in [1.82, 2.24) is 25.1 Å². The predicted molar refractivity (Wildman–Crippen MR) is 133 cm³/mol. The van der Waals surface area contributed by atoms with Gasteiger partial charge in [-0.15, -0.1) is 11.3 Å². The number of rotatable bonds is 10. The van der Waals surface area contributed by atoms with Crippen LogP contribution in [0.4, 0.5) is 0 Å². The fourth-order valence-electron chi connectivity index (χ4n) is 4.66. The summed E-state index contributed by atoms with van der Waals surface area (Å²) in [5.41, 5.74) is 0.734. The molecule has 1 saturated heterocycles. The molecule has 2 unspecified atom stereocenters. The summed E-state index contributed by atoms with van der Waals surface area (Å²) in [6.07, 6.45) is 4.63. The van der Waals surface area contributed by atoms with Gasteiger partial charge in [0, 0.05) is 37.5 Å². The van der Waals surface area contributed by atoms with E-state index in [1.54, 1.807) is 0 Å². The Morgan fingerprint density at radius 2 is 1.76 bits per heavy atom. The molecule has 182 valence electrons. The van der Waals surface area contributed by atoms with Gasteiger partial charge in [-0.3, -0.25) is 19.0 Å². The average Bonchev–Trinajstić information content (AvgIpc) is 3.04. The normalized spacial score (nSPS) is 19.0. The van der Waals surface area contributed by atoms with Crippen LogP contribution < -0.4 is 16.2 Å². The molecule has 2 aromatic rings. The number of carbonyl (C=O) groups excluding carboxylic acids is 2. The molecule has 0 aliphatic carbocycles. The molecular weight excluding hydrogens is 438 g/mol. The smallest absolute Gasteiger partial charge is 0.262 e. The van der Waals surface area contributed by atoms with Crippen molar-refractivity contribution in [2.24, 2.45) is 11.8 Å². The van der Waals surface area contributed by atoms with E-state index in [1.165, 1.54) is 28.7 Å².